The van der Waals surface area contributed by atoms with Gasteiger partial charge in [-0.2, -0.15) is 0 Å². The topological polar surface area (TPSA) is 52.6 Å². The van der Waals surface area contributed by atoms with Crippen LogP contribution < -0.4 is 5.43 Å². The van der Waals surface area contributed by atoms with Gasteiger partial charge in [0.05, 0.1) is 0 Å². The quantitative estimate of drug-likeness (QED) is 0.601. The molecule has 6 heteroatoms. The predicted molar refractivity (Wildman–Crippen MR) is 89.9 cm³/mol. The number of Topliss-reactive ketones (excluding diaryl/α,β-unsaturated/α-hetero) is 1. The maximum Gasteiger partial charge on any atom is 0.234 e. The Hall–Kier alpha value is -0.990. The minimum absolute atomic E-state index is 0.0138. The molecule has 1 N–H and O–H groups in total. The zero-order valence-electron chi connectivity index (χ0n) is 12.1. The van der Waals surface area contributed by atoms with Gasteiger partial charge in [-0.25, -0.2) is 5.01 Å². The van der Waals surface area contributed by atoms with Crippen molar-refractivity contribution in [3.8, 4) is 0 Å². The number of amides is 1. The fourth-order valence-electron chi connectivity index (χ4n) is 2.16. The van der Waals surface area contributed by atoms with Crippen LogP contribution in [0.4, 0.5) is 0 Å². The SMILES string of the molecule is CN1CCN(NC(=O)CCC(=O)c2ccc(I)cc2)CC1. The molecule has 1 amide bonds. The van der Waals surface area contributed by atoms with Crippen molar-refractivity contribution in [2.24, 2.45) is 0 Å². The first-order valence-electron chi connectivity index (χ1n) is 7.06. The van der Waals surface area contributed by atoms with E-state index in [0.717, 1.165) is 29.7 Å². The minimum Gasteiger partial charge on any atom is -0.304 e. The highest BCUT2D eigenvalue weighted by Crippen LogP contribution is 2.10. The smallest absolute Gasteiger partial charge is 0.234 e. The summed E-state index contributed by atoms with van der Waals surface area (Å²) < 4.78 is 1.09. The van der Waals surface area contributed by atoms with Crippen LogP contribution in [0.25, 0.3) is 0 Å². The monoisotopic (exact) mass is 401 g/mol. The lowest BCUT2D eigenvalue weighted by Crippen LogP contribution is -2.52. The normalized spacial score (nSPS) is 16.7. The molecule has 5 nitrogen and oxygen atoms in total. The van der Waals surface area contributed by atoms with Crippen molar-refractivity contribution in [3.05, 3.63) is 33.4 Å². The fourth-order valence-corrected chi connectivity index (χ4v) is 2.52. The Morgan fingerprint density at radius 1 is 1.10 bits per heavy atom. The van der Waals surface area contributed by atoms with Gasteiger partial charge in [-0.05, 0) is 41.8 Å². The number of carbonyl (C=O) groups excluding carboxylic acids is 2. The van der Waals surface area contributed by atoms with Gasteiger partial charge in [0.1, 0.15) is 0 Å². The number of hydrazine groups is 1. The van der Waals surface area contributed by atoms with E-state index in [2.05, 4.69) is 40.0 Å². The number of carbonyl (C=O) groups is 2. The van der Waals surface area contributed by atoms with Crippen molar-refractivity contribution < 1.29 is 9.59 Å². The van der Waals surface area contributed by atoms with Crippen LogP contribution in [0.1, 0.15) is 23.2 Å². The molecule has 0 bridgehead atoms. The first-order chi connectivity index (χ1) is 10.0. The molecule has 1 fully saturated rings. The Kier molecular flexibility index (Phi) is 6.13. The number of nitrogens with zero attached hydrogens (tertiary/aromatic N) is 2. The Labute approximate surface area is 138 Å². The molecule has 0 radical (unpaired) electrons. The lowest BCUT2D eigenvalue weighted by Gasteiger charge is -2.32. The van der Waals surface area contributed by atoms with Gasteiger partial charge in [0.15, 0.2) is 5.78 Å². The van der Waals surface area contributed by atoms with Crippen LogP contribution in [-0.4, -0.2) is 54.8 Å². The van der Waals surface area contributed by atoms with Gasteiger partial charge >= 0.3 is 0 Å². The van der Waals surface area contributed by atoms with E-state index in [1.54, 1.807) is 0 Å². The van der Waals surface area contributed by atoms with E-state index < -0.39 is 0 Å². The molecule has 0 unspecified atom stereocenters. The molecule has 0 aromatic heterocycles. The summed E-state index contributed by atoms with van der Waals surface area (Å²) in [6, 6.07) is 7.42. The number of hydrogen-bond acceptors (Lipinski definition) is 4. The van der Waals surface area contributed by atoms with Crippen LogP contribution >= 0.6 is 22.6 Å². The average molecular weight is 401 g/mol. The molecule has 1 aliphatic heterocycles. The van der Waals surface area contributed by atoms with E-state index in [1.165, 1.54) is 0 Å². The molecule has 114 valence electrons. The van der Waals surface area contributed by atoms with Gasteiger partial charge in [-0.3, -0.25) is 15.0 Å². The molecule has 21 heavy (non-hydrogen) atoms. The minimum atomic E-state index is -0.0848. The molecule has 0 saturated carbocycles. The van der Waals surface area contributed by atoms with Crippen molar-refractivity contribution in [1.82, 2.24) is 15.3 Å². The van der Waals surface area contributed by atoms with Crippen LogP contribution in [-0.2, 0) is 4.79 Å². The van der Waals surface area contributed by atoms with Gasteiger partial charge in [0.25, 0.3) is 0 Å². The second-order valence-corrected chi connectivity index (χ2v) is 6.50. The number of rotatable bonds is 5. The third-order valence-electron chi connectivity index (χ3n) is 3.53. The molecule has 1 aromatic rings. The zero-order chi connectivity index (χ0) is 15.2. The summed E-state index contributed by atoms with van der Waals surface area (Å²) in [6.07, 6.45) is 0.483. The maximum absolute atomic E-state index is 12.0. The van der Waals surface area contributed by atoms with Crippen LogP contribution in [0.15, 0.2) is 24.3 Å². The van der Waals surface area contributed by atoms with Gasteiger partial charge in [0, 0.05) is 48.2 Å². The van der Waals surface area contributed by atoms with Gasteiger partial charge < -0.3 is 4.90 Å². The van der Waals surface area contributed by atoms with E-state index in [1.807, 2.05) is 29.3 Å². The van der Waals surface area contributed by atoms with Gasteiger partial charge in [-0.15, -0.1) is 0 Å². The number of piperazine rings is 1. The number of halogens is 1. The van der Waals surface area contributed by atoms with Gasteiger partial charge in [0.2, 0.25) is 5.91 Å². The molecule has 1 heterocycles. The molecule has 1 aromatic carbocycles. The highest BCUT2D eigenvalue weighted by Gasteiger charge is 2.16. The van der Waals surface area contributed by atoms with Crippen LogP contribution in [0, 0.1) is 3.57 Å². The summed E-state index contributed by atoms with van der Waals surface area (Å²) in [5.74, 6) is -0.0710. The molecule has 0 atom stereocenters. The predicted octanol–water partition coefficient (Wildman–Crippen LogP) is 1.53. The van der Waals surface area contributed by atoms with Gasteiger partial charge in [-0.1, -0.05) is 12.1 Å². The molecule has 1 saturated heterocycles. The Morgan fingerprint density at radius 2 is 1.71 bits per heavy atom. The Balaban J connectivity index is 1.73. The van der Waals surface area contributed by atoms with Crippen molar-refractivity contribution in [1.29, 1.82) is 0 Å². The fraction of sp³-hybridized carbons (Fsp3) is 0.467. The summed E-state index contributed by atoms with van der Waals surface area (Å²) in [5, 5.41) is 1.93. The third kappa shape index (κ3) is 5.37. The van der Waals surface area contributed by atoms with E-state index in [0.29, 0.717) is 5.56 Å². The van der Waals surface area contributed by atoms with Crippen LogP contribution in [0.5, 0.6) is 0 Å². The van der Waals surface area contributed by atoms with Crippen molar-refractivity contribution in [2.45, 2.75) is 12.8 Å². The lowest BCUT2D eigenvalue weighted by molar-refractivity contribution is -0.126. The summed E-state index contributed by atoms with van der Waals surface area (Å²) in [5.41, 5.74) is 3.54. The summed E-state index contributed by atoms with van der Waals surface area (Å²) in [7, 11) is 2.07. The molecular weight excluding hydrogens is 381 g/mol. The first kappa shape index (κ1) is 16.4. The van der Waals surface area contributed by atoms with E-state index in [-0.39, 0.29) is 24.5 Å². The number of likely N-dealkylation sites (N-methyl/N-ethyl adjacent to an activating group) is 1. The zero-order valence-corrected chi connectivity index (χ0v) is 14.3. The second-order valence-electron chi connectivity index (χ2n) is 5.26. The van der Waals surface area contributed by atoms with E-state index in [9.17, 15) is 9.59 Å². The number of hydrogen-bond donors (Lipinski definition) is 1. The van der Waals surface area contributed by atoms with Crippen molar-refractivity contribution >= 4 is 34.3 Å². The number of ketones is 1. The average Bonchev–Trinajstić information content (AvgIpc) is 2.48. The van der Waals surface area contributed by atoms with Crippen molar-refractivity contribution in [2.75, 3.05) is 33.2 Å². The lowest BCUT2D eigenvalue weighted by atomic mass is 10.1. The third-order valence-corrected chi connectivity index (χ3v) is 4.25. The largest absolute Gasteiger partial charge is 0.304 e. The van der Waals surface area contributed by atoms with Crippen LogP contribution in [0.3, 0.4) is 0 Å². The Bertz CT molecular complexity index is 496. The summed E-state index contributed by atoms with van der Waals surface area (Å²) in [4.78, 5) is 26.1. The summed E-state index contributed by atoms with van der Waals surface area (Å²) in [6.45, 7) is 3.55. The highest BCUT2D eigenvalue weighted by atomic mass is 127. The van der Waals surface area contributed by atoms with Crippen LogP contribution in [0.2, 0.25) is 0 Å². The van der Waals surface area contributed by atoms with Crippen molar-refractivity contribution in [3.63, 3.8) is 0 Å². The highest BCUT2D eigenvalue weighted by molar-refractivity contribution is 14.1. The maximum atomic E-state index is 12.0. The number of benzene rings is 1. The Morgan fingerprint density at radius 3 is 2.33 bits per heavy atom. The first-order valence-corrected chi connectivity index (χ1v) is 8.14. The molecular formula is C15H20IN3O2. The van der Waals surface area contributed by atoms with E-state index >= 15 is 0 Å². The molecule has 2 rings (SSSR count). The molecule has 0 spiro atoms. The number of nitrogens with one attached hydrogen (secondary N) is 1. The standard InChI is InChI=1S/C15H20IN3O2/c1-18-8-10-19(11-9-18)17-15(21)7-6-14(20)12-2-4-13(16)5-3-12/h2-5H,6-11H2,1H3,(H,17,21). The summed E-state index contributed by atoms with van der Waals surface area (Å²) >= 11 is 2.20. The molecule has 1 aliphatic rings. The second kappa shape index (κ2) is 7.86. The van der Waals surface area contributed by atoms with E-state index in [4.69, 9.17) is 0 Å². The molecule has 0 aliphatic carbocycles.